The van der Waals surface area contributed by atoms with E-state index >= 15 is 0 Å². The maximum Gasteiger partial charge on any atom is 0.306 e. The lowest BCUT2D eigenvalue weighted by atomic mass is 10.1. The van der Waals surface area contributed by atoms with Gasteiger partial charge in [-0.05, 0) is 96.3 Å². The Morgan fingerprint density at radius 3 is 1.02 bits per heavy atom. The lowest BCUT2D eigenvalue weighted by molar-refractivity contribution is -0.166. The van der Waals surface area contributed by atoms with Crippen molar-refractivity contribution >= 4 is 17.9 Å². The van der Waals surface area contributed by atoms with E-state index in [1.165, 1.54) is 161 Å². The van der Waals surface area contributed by atoms with Crippen LogP contribution in [0, 0.1) is 0 Å². The SMILES string of the molecule is CCCCCCCC/C=C/C/C=C/C/C=C/CCCC(=O)OCC(COC(=O)CC/C=C/C/C=C/CCCCCCCC)OC(=O)CCCCCCCCC/C=C/CCCCCCCC. The van der Waals surface area contributed by atoms with E-state index < -0.39 is 6.10 Å². The summed E-state index contributed by atoms with van der Waals surface area (Å²) in [6.07, 6.45) is 67.6. The van der Waals surface area contributed by atoms with Gasteiger partial charge in [0.1, 0.15) is 13.2 Å². The summed E-state index contributed by atoms with van der Waals surface area (Å²) in [5, 5.41) is 0. The Kier molecular flexibility index (Phi) is 50.9. The average molecular weight is 907 g/mol. The van der Waals surface area contributed by atoms with Crippen LogP contribution in [0.3, 0.4) is 0 Å². The smallest absolute Gasteiger partial charge is 0.306 e. The molecule has 0 N–H and O–H groups in total. The zero-order valence-corrected chi connectivity index (χ0v) is 42.7. The Morgan fingerprint density at radius 1 is 0.308 bits per heavy atom. The maximum absolute atomic E-state index is 12.8. The van der Waals surface area contributed by atoms with Crippen molar-refractivity contribution in [1.29, 1.82) is 0 Å². The molecule has 0 aromatic carbocycles. The van der Waals surface area contributed by atoms with Gasteiger partial charge in [0.2, 0.25) is 0 Å². The van der Waals surface area contributed by atoms with E-state index in [1.54, 1.807) is 0 Å². The summed E-state index contributed by atoms with van der Waals surface area (Å²) < 4.78 is 16.7. The Bertz CT molecular complexity index is 1230. The van der Waals surface area contributed by atoms with Gasteiger partial charge in [-0.3, -0.25) is 14.4 Å². The monoisotopic (exact) mass is 907 g/mol. The zero-order chi connectivity index (χ0) is 47.2. The van der Waals surface area contributed by atoms with Crippen LogP contribution in [0.25, 0.3) is 0 Å². The first-order valence-electron chi connectivity index (χ1n) is 27.4. The third-order valence-corrected chi connectivity index (χ3v) is 11.7. The van der Waals surface area contributed by atoms with Crippen molar-refractivity contribution in [2.24, 2.45) is 0 Å². The van der Waals surface area contributed by atoms with Gasteiger partial charge >= 0.3 is 17.9 Å². The summed E-state index contributed by atoms with van der Waals surface area (Å²) in [4.78, 5) is 38.0. The lowest BCUT2D eigenvalue weighted by Crippen LogP contribution is -2.30. The Balaban J connectivity index is 4.50. The summed E-state index contributed by atoms with van der Waals surface area (Å²) >= 11 is 0. The third-order valence-electron chi connectivity index (χ3n) is 11.7. The number of esters is 3. The summed E-state index contributed by atoms with van der Waals surface area (Å²) in [5.41, 5.74) is 0. The molecule has 0 radical (unpaired) electrons. The standard InChI is InChI=1S/C59H102O6/c1-4-7-10-13-16-19-22-25-27-29-31-34-37-40-43-46-49-52-58(61)64-55-56(54-63-57(60)51-48-45-42-39-36-33-24-21-18-15-12-9-6-3)65-59(62)53-50-47-44-41-38-35-32-30-28-26-23-20-17-14-11-8-5-2/h25-28,31,33-34,36,40,42-43,45,56H,4-24,29-30,32,35,37-39,41,44,46-55H2,1-3H3/b27-25+,28-26+,34-31+,36-33+,43-40+,45-42+. The number of rotatable bonds is 49. The first-order chi connectivity index (χ1) is 32.0. The van der Waals surface area contributed by atoms with Gasteiger partial charge in [0.05, 0.1) is 0 Å². The van der Waals surface area contributed by atoms with E-state index in [0.29, 0.717) is 19.3 Å². The van der Waals surface area contributed by atoms with Gasteiger partial charge in [0.25, 0.3) is 0 Å². The molecule has 0 fully saturated rings. The topological polar surface area (TPSA) is 78.9 Å². The summed E-state index contributed by atoms with van der Waals surface area (Å²) in [5.74, 6) is -1.04. The van der Waals surface area contributed by atoms with Crippen molar-refractivity contribution in [3.63, 3.8) is 0 Å². The number of carbonyl (C=O) groups excluding carboxylic acids is 3. The molecule has 0 aliphatic heterocycles. The minimum Gasteiger partial charge on any atom is -0.462 e. The van der Waals surface area contributed by atoms with Crippen LogP contribution in [0.1, 0.15) is 265 Å². The second-order valence-corrected chi connectivity index (χ2v) is 18.1. The van der Waals surface area contributed by atoms with Crippen LogP contribution < -0.4 is 0 Å². The largest absolute Gasteiger partial charge is 0.462 e. The summed E-state index contributed by atoms with van der Waals surface area (Å²) in [6, 6.07) is 0. The van der Waals surface area contributed by atoms with Crippen molar-refractivity contribution in [2.45, 2.75) is 271 Å². The van der Waals surface area contributed by atoms with Crippen LogP contribution in [0.15, 0.2) is 72.9 Å². The minimum atomic E-state index is -0.820. The molecule has 0 spiro atoms. The van der Waals surface area contributed by atoms with E-state index in [2.05, 4.69) is 87.6 Å². The molecule has 0 aromatic heterocycles. The number of ether oxygens (including phenoxy) is 3. The number of unbranched alkanes of at least 4 members (excludes halogenated alkanes) is 26. The molecule has 0 aliphatic carbocycles. The van der Waals surface area contributed by atoms with Crippen molar-refractivity contribution in [2.75, 3.05) is 13.2 Å². The van der Waals surface area contributed by atoms with Gasteiger partial charge in [0.15, 0.2) is 6.10 Å². The van der Waals surface area contributed by atoms with Crippen molar-refractivity contribution in [1.82, 2.24) is 0 Å². The first-order valence-corrected chi connectivity index (χ1v) is 27.4. The van der Waals surface area contributed by atoms with Crippen LogP contribution in [0.5, 0.6) is 0 Å². The normalized spacial score (nSPS) is 12.6. The number of hydrogen-bond donors (Lipinski definition) is 0. The van der Waals surface area contributed by atoms with Crippen LogP contribution in [0.4, 0.5) is 0 Å². The van der Waals surface area contributed by atoms with E-state index in [4.69, 9.17) is 14.2 Å². The summed E-state index contributed by atoms with van der Waals surface area (Å²) in [6.45, 7) is 6.53. The zero-order valence-electron chi connectivity index (χ0n) is 42.7. The summed E-state index contributed by atoms with van der Waals surface area (Å²) in [7, 11) is 0. The quantitative estimate of drug-likeness (QED) is 0.0262. The highest BCUT2D eigenvalue weighted by atomic mass is 16.6. The molecule has 0 saturated carbocycles. The molecule has 0 saturated heterocycles. The first kappa shape index (κ1) is 61.9. The second-order valence-electron chi connectivity index (χ2n) is 18.1. The molecule has 0 bridgehead atoms. The van der Waals surface area contributed by atoms with Crippen LogP contribution in [-0.4, -0.2) is 37.2 Å². The lowest BCUT2D eigenvalue weighted by Gasteiger charge is -2.18. The van der Waals surface area contributed by atoms with Crippen molar-refractivity contribution in [3.05, 3.63) is 72.9 Å². The van der Waals surface area contributed by atoms with Crippen LogP contribution in [-0.2, 0) is 28.6 Å². The number of hydrogen-bond acceptors (Lipinski definition) is 6. The van der Waals surface area contributed by atoms with Gasteiger partial charge in [0, 0.05) is 19.3 Å². The molecule has 0 rings (SSSR count). The van der Waals surface area contributed by atoms with Gasteiger partial charge < -0.3 is 14.2 Å². The average Bonchev–Trinajstić information content (AvgIpc) is 3.30. The minimum absolute atomic E-state index is 0.120. The Hall–Kier alpha value is -3.15. The van der Waals surface area contributed by atoms with E-state index in [9.17, 15) is 14.4 Å². The molecular formula is C59H102O6. The fourth-order valence-corrected chi connectivity index (χ4v) is 7.51. The molecule has 1 atom stereocenters. The molecule has 0 aromatic rings. The van der Waals surface area contributed by atoms with E-state index in [-0.39, 0.29) is 44.0 Å². The predicted octanol–water partition coefficient (Wildman–Crippen LogP) is 18.2. The molecule has 6 nitrogen and oxygen atoms in total. The highest BCUT2D eigenvalue weighted by Crippen LogP contribution is 2.14. The van der Waals surface area contributed by atoms with Gasteiger partial charge in [-0.1, -0.05) is 222 Å². The number of allylic oxidation sites excluding steroid dienone is 12. The van der Waals surface area contributed by atoms with Gasteiger partial charge in [-0.15, -0.1) is 0 Å². The molecule has 65 heavy (non-hydrogen) atoms. The van der Waals surface area contributed by atoms with Gasteiger partial charge in [-0.25, -0.2) is 0 Å². The molecular weight excluding hydrogens is 805 g/mol. The fourth-order valence-electron chi connectivity index (χ4n) is 7.51. The molecule has 0 aliphatic rings. The van der Waals surface area contributed by atoms with Crippen LogP contribution >= 0.6 is 0 Å². The number of carbonyl (C=O) groups is 3. The second kappa shape index (κ2) is 53.5. The fraction of sp³-hybridized carbons (Fsp3) is 0.746. The molecule has 0 heterocycles. The molecule has 374 valence electrons. The highest BCUT2D eigenvalue weighted by molar-refractivity contribution is 5.71. The maximum atomic E-state index is 12.8. The highest BCUT2D eigenvalue weighted by Gasteiger charge is 2.19. The van der Waals surface area contributed by atoms with E-state index in [1.807, 2.05) is 6.08 Å². The predicted molar refractivity (Wildman–Crippen MR) is 279 cm³/mol. The van der Waals surface area contributed by atoms with E-state index in [0.717, 1.165) is 51.4 Å². The Morgan fingerprint density at radius 2 is 0.600 bits per heavy atom. The third kappa shape index (κ3) is 51.7. The molecule has 0 amide bonds. The van der Waals surface area contributed by atoms with Gasteiger partial charge in [-0.2, -0.15) is 0 Å². The van der Waals surface area contributed by atoms with Crippen molar-refractivity contribution < 1.29 is 28.6 Å². The van der Waals surface area contributed by atoms with Crippen LogP contribution in [0.2, 0.25) is 0 Å². The Labute approximate surface area is 402 Å². The van der Waals surface area contributed by atoms with Crippen molar-refractivity contribution in [3.8, 4) is 0 Å². The molecule has 1 unspecified atom stereocenters. The molecule has 6 heteroatoms.